The first-order valence-corrected chi connectivity index (χ1v) is 10.4. The summed E-state index contributed by atoms with van der Waals surface area (Å²) in [6, 6.07) is 0.952. The van der Waals surface area contributed by atoms with Gasteiger partial charge < -0.3 is 11.1 Å². The zero-order chi connectivity index (χ0) is 13.5. The molecule has 98 valence electrons. The third-order valence-electron chi connectivity index (χ3n) is 2.93. The quantitative estimate of drug-likeness (QED) is 0.644. The van der Waals surface area contributed by atoms with Crippen LogP contribution in [0.3, 0.4) is 0 Å². The van der Waals surface area contributed by atoms with E-state index < -0.39 is 8.07 Å². The van der Waals surface area contributed by atoms with Crippen molar-refractivity contribution in [3.8, 4) is 0 Å². The number of nitrogen functional groups attached to an aromatic ring is 1. The lowest BCUT2D eigenvalue weighted by Gasteiger charge is -2.28. The summed E-state index contributed by atoms with van der Waals surface area (Å²) in [5, 5.41) is 2.84. The number of nitrogens with two attached hydrogens (primary N) is 1. The molecule has 0 saturated heterocycles. The molecule has 0 radical (unpaired) electrons. The van der Waals surface area contributed by atoms with Crippen LogP contribution in [0, 0.1) is 5.92 Å². The number of carbonyl (C=O) groups excluding carboxylic acids is 1. The van der Waals surface area contributed by atoms with E-state index in [4.69, 9.17) is 5.73 Å². The number of hydrogen-bond acceptors (Lipinski definition) is 4. The van der Waals surface area contributed by atoms with Crippen molar-refractivity contribution < 1.29 is 4.79 Å². The van der Waals surface area contributed by atoms with Crippen molar-refractivity contribution in [3.05, 3.63) is 10.3 Å². The normalized spacial score (nSPS) is 19.3. The number of hydrogen-bond donors (Lipinski definition) is 2. The van der Waals surface area contributed by atoms with Gasteiger partial charge >= 0.3 is 0 Å². The van der Waals surface area contributed by atoms with Crippen LogP contribution in [0.2, 0.25) is 25.7 Å². The molecule has 1 unspecified atom stereocenters. The maximum Gasteiger partial charge on any atom is 0.228 e. The number of rotatable bonds is 2. The Bertz CT molecular complexity index is 501. The summed E-state index contributed by atoms with van der Waals surface area (Å²) in [4.78, 5) is 20.3. The summed E-state index contributed by atoms with van der Waals surface area (Å²) < 4.78 is 0.405. The van der Waals surface area contributed by atoms with E-state index >= 15 is 0 Å². The first-order chi connectivity index (χ1) is 8.26. The van der Waals surface area contributed by atoms with Crippen LogP contribution in [-0.2, 0) is 11.2 Å². The van der Waals surface area contributed by atoms with Crippen LogP contribution in [0.15, 0.2) is 4.73 Å². The largest absolute Gasteiger partial charge is 0.383 e. The summed E-state index contributed by atoms with van der Waals surface area (Å²) >= 11 is 3.18. The standard InChI is InChI=1S/C11H17BrN4OSi/c1-18(2,3)5-6-4-7-8(13)14-11(12)16-9(7)15-10(6)17/h6H,4-5H2,1-3H3,(H3,13,14,15,16,17). The number of nitrogens with one attached hydrogen (secondary N) is 1. The average Bonchev–Trinajstić information content (AvgIpc) is 2.18. The number of amides is 1. The minimum absolute atomic E-state index is 0.00348. The molecule has 0 fully saturated rings. The summed E-state index contributed by atoms with van der Waals surface area (Å²) in [5.41, 5.74) is 6.75. The van der Waals surface area contributed by atoms with Crippen LogP contribution in [0.5, 0.6) is 0 Å². The summed E-state index contributed by atoms with van der Waals surface area (Å²) in [6.07, 6.45) is 0.643. The zero-order valence-electron chi connectivity index (χ0n) is 10.7. The molecule has 18 heavy (non-hydrogen) atoms. The highest BCUT2D eigenvalue weighted by atomic mass is 79.9. The van der Waals surface area contributed by atoms with Gasteiger partial charge in [-0.1, -0.05) is 19.6 Å². The zero-order valence-corrected chi connectivity index (χ0v) is 13.3. The van der Waals surface area contributed by atoms with Gasteiger partial charge in [-0.15, -0.1) is 0 Å². The minimum atomic E-state index is -1.29. The van der Waals surface area contributed by atoms with E-state index in [9.17, 15) is 4.79 Å². The molecule has 0 bridgehead atoms. The van der Waals surface area contributed by atoms with E-state index in [0.29, 0.717) is 22.8 Å². The van der Waals surface area contributed by atoms with Crippen LogP contribution >= 0.6 is 15.9 Å². The Kier molecular flexibility index (Phi) is 3.46. The molecule has 1 aliphatic heterocycles. The number of carbonyl (C=O) groups is 1. The topological polar surface area (TPSA) is 80.9 Å². The van der Waals surface area contributed by atoms with E-state index in [2.05, 4.69) is 50.9 Å². The molecular weight excluding hydrogens is 312 g/mol. The van der Waals surface area contributed by atoms with Gasteiger partial charge in [0.25, 0.3) is 0 Å². The van der Waals surface area contributed by atoms with Crippen molar-refractivity contribution >= 4 is 41.5 Å². The molecule has 0 saturated carbocycles. The van der Waals surface area contributed by atoms with Gasteiger partial charge in [-0.25, -0.2) is 9.97 Å². The highest BCUT2D eigenvalue weighted by Gasteiger charge is 2.32. The Labute approximate surface area is 116 Å². The SMILES string of the molecule is C[Si](C)(C)CC1Cc2c(N)nc(Br)nc2NC1=O. The number of anilines is 2. The second-order valence-corrected chi connectivity index (χ2v) is 12.1. The lowest BCUT2D eigenvalue weighted by atomic mass is 9.97. The fourth-order valence-corrected chi connectivity index (χ4v) is 4.42. The molecule has 2 rings (SSSR count). The Hall–Kier alpha value is -0.953. The van der Waals surface area contributed by atoms with Crippen molar-refractivity contribution in [1.29, 1.82) is 0 Å². The average molecular weight is 329 g/mol. The molecule has 1 amide bonds. The van der Waals surface area contributed by atoms with Gasteiger partial charge in [0.05, 0.1) is 0 Å². The number of aromatic nitrogens is 2. The summed E-state index contributed by atoms with van der Waals surface area (Å²) in [5.74, 6) is 1.05. The lowest BCUT2D eigenvalue weighted by molar-refractivity contribution is -0.119. The van der Waals surface area contributed by atoms with Crippen LogP contribution < -0.4 is 11.1 Å². The van der Waals surface area contributed by atoms with Crippen molar-refractivity contribution in [2.24, 2.45) is 5.92 Å². The van der Waals surface area contributed by atoms with Crippen LogP contribution in [0.25, 0.3) is 0 Å². The van der Waals surface area contributed by atoms with Gasteiger partial charge in [-0.05, 0) is 28.4 Å². The molecule has 7 heteroatoms. The maximum atomic E-state index is 12.1. The van der Waals surface area contributed by atoms with Gasteiger partial charge in [-0.2, -0.15) is 0 Å². The highest BCUT2D eigenvalue weighted by molar-refractivity contribution is 9.10. The second kappa shape index (κ2) is 4.62. The van der Waals surface area contributed by atoms with E-state index in [0.717, 1.165) is 11.6 Å². The van der Waals surface area contributed by atoms with E-state index in [1.807, 2.05) is 0 Å². The molecule has 1 aromatic heterocycles. The Morgan fingerprint density at radius 3 is 2.72 bits per heavy atom. The fourth-order valence-electron chi connectivity index (χ4n) is 2.24. The third-order valence-corrected chi connectivity index (χ3v) is 5.01. The molecule has 3 N–H and O–H groups in total. The number of fused-ring (bicyclic) bond motifs is 1. The smallest absolute Gasteiger partial charge is 0.228 e. The summed E-state index contributed by atoms with van der Waals surface area (Å²) in [6.45, 7) is 6.78. The van der Waals surface area contributed by atoms with Gasteiger partial charge in [0, 0.05) is 19.6 Å². The fraction of sp³-hybridized carbons (Fsp3) is 0.545. The van der Waals surface area contributed by atoms with E-state index in [1.165, 1.54) is 0 Å². The predicted molar refractivity (Wildman–Crippen MR) is 78.1 cm³/mol. The predicted octanol–water partition coefficient (Wildman–Crippen LogP) is 2.27. The molecule has 1 aromatic rings. The molecule has 1 atom stereocenters. The monoisotopic (exact) mass is 328 g/mol. The Morgan fingerprint density at radius 2 is 2.11 bits per heavy atom. The number of halogens is 1. The third kappa shape index (κ3) is 2.89. The van der Waals surface area contributed by atoms with Crippen molar-refractivity contribution in [2.75, 3.05) is 11.1 Å². The Morgan fingerprint density at radius 1 is 1.44 bits per heavy atom. The molecule has 0 aliphatic carbocycles. The molecular formula is C11H17BrN4OSi. The first kappa shape index (κ1) is 13.5. The van der Waals surface area contributed by atoms with Crippen LogP contribution in [0.4, 0.5) is 11.6 Å². The van der Waals surface area contributed by atoms with Gasteiger partial charge in [0.1, 0.15) is 11.6 Å². The van der Waals surface area contributed by atoms with E-state index in [1.54, 1.807) is 0 Å². The molecule has 2 heterocycles. The molecule has 0 aromatic carbocycles. The second-order valence-electron chi connectivity index (χ2n) is 5.86. The van der Waals surface area contributed by atoms with Gasteiger partial charge in [0.2, 0.25) is 10.6 Å². The van der Waals surface area contributed by atoms with Gasteiger partial charge in [-0.3, -0.25) is 4.79 Å². The van der Waals surface area contributed by atoms with Gasteiger partial charge in [0.15, 0.2) is 0 Å². The molecule has 1 aliphatic rings. The lowest BCUT2D eigenvalue weighted by Crippen LogP contribution is -2.36. The number of nitrogens with zero attached hydrogens (tertiary/aromatic N) is 2. The van der Waals surface area contributed by atoms with E-state index in [-0.39, 0.29) is 11.8 Å². The molecule has 5 nitrogen and oxygen atoms in total. The maximum absolute atomic E-state index is 12.1. The van der Waals surface area contributed by atoms with Crippen LogP contribution in [-0.4, -0.2) is 23.9 Å². The highest BCUT2D eigenvalue weighted by Crippen LogP contribution is 2.32. The van der Waals surface area contributed by atoms with Crippen molar-refractivity contribution in [3.63, 3.8) is 0 Å². The Balaban J connectivity index is 2.30. The summed E-state index contributed by atoms with van der Waals surface area (Å²) in [7, 11) is -1.29. The van der Waals surface area contributed by atoms with Crippen LogP contribution in [0.1, 0.15) is 5.56 Å². The first-order valence-electron chi connectivity index (χ1n) is 5.89. The molecule has 0 spiro atoms. The van der Waals surface area contributed by atoms with Crippen molar-refractivity contribution in [2.45, 2.75) is 32.1 Å². The van der Waals surface area contributed by atoms with Crippen molar-refractivity contribution in [1.82, 2.24) is 9.97 Å². The minimum Gasteiger partial charge on any atom is -0.383 e.